The van der Waals surface area contributed by atoms with Crippen molar-refractivity contribution in [2.24, 2.45) is 0 Å². The number of hydrogen-bond donors (Lipinski definition) is 4. The van der Waals surface area contributed by atoms with Crippen LogP contribution < -0.4 is 10.0 Å². The third-order valence-corrected chi connectivity index (χ3v) is 11.1. The van der Waals surface area contributed by atoms with Crippen molar-refractivity contribution in [1.82, 2.24) is 15.1 Å². The summed E-state index contributed by atoms with van der Waals surface area (Å²) in [6, 6.07) is 21.7. The van der Waals surface area contributed by atoms with Crippen molar-refractivity contribution < 1.29 is 28.2 Å². The summed E-state index contributed by atoms with van der Waals surface area (Å²) in [7, 11) is -1.34. The van der Waals surface area contributed by atoms with Crippen molar-refractivity contribution in [3.63, 3.8) is 0 Å². The highest BCUT2D eigenvalue weighted by molar-refractivity contribution is 7.92. The average Bonchev–Trinajstić information content (AvgIpc) is 3.12. The zero-order valence-electron chi connectivity index (χ0n) is 30.3. The van der Waals surface area contributed by atoms with Gasteiger partial charge in [-0.15, -0.1) is 0 Å². The van der Waals surface area contributed by atoms with E-state index in [0.717, 1.165) is 74.6 Å². The minimum absolute atomic E-state index is 0.114. The van der Waals surface area contributed by atoms with Gasteiger partial charge in [0.25, 0.3) is 0 Å². The maximum Gasteiger partial charge on any atom is 0.229 e. The summed E-state index contributed by atoms with van der Waals surface area (Å²) in [4.78, 5) is 17.9. The number of hydrogen-bond acceptors (Lipinski definition) is 8. The molecule has 3 aromatic carbocycles. The van der Waals surface area contributed by atoms with Gasteiger partial charge in [-0.1, -0.05) is 67.8 Å². The Labute approximate surface area is 304 Å². The lowest BCUT2D eigenvalue weighted by Gasteiger charge is -2.42. The third kappa shape index (κ3) is 10.9. The van der Waals surface area contributed by atoms with Gasteiger partial charge < -0.3 is 30.1 Å². The molecule has 1 aliphatic carbocycles. The van der Waals surface area contributed by atoms with Crippen LogP contribution in [0.15, 0.2) is 66.7 Å². The van der Waals surface area contributed by atoms with Gasteiger partial charge >= 0.3 is 0 Å². The number of rotatable bonds is 17. The van der Waals surface area contributed by atoms with Crippen LogP contribution in [0.1, 0.15) is 73.6 Å². The van der Waals surface area contributed by atoms with E-state index in [2.05, 4.69) is 52.3 Å². The average molecular weight is 721 g/mol. The van der Waals surface area contributed by atoms with Crippen molar-refractivity contribution >= 4 is 21.6 Å². The van der Waals surface area contributed by atoms with Crippen molar-refractivity contribution in [1.29, 1.82) is 0 Å². The molecule has 0 radical (unpaired) electrons. The van der Waals surface area contributed by atoms with Crippen molar-refractivity contribution in [2.45, 2.75) is 75.7 Å². The number of phenolic OH excluding ortho intramolecular Hbond substituents is 2. The van der Waals surface area contributed by atoms with Crippen LogP contribution >= 0.6 is 0 Å². The van der Waals surface area contributed by atoms with E-state index in [0.29, 0.717) is 57.9 Å². The van der Waals surface area contributed by atoms with E-state index in [1.165, 1.54) is 18.1 Å². The summed E-state index contributed by atoms with van der Waals surface area (Å²) in [5.41, 5.74) is 4.18. The van der Waals surface area contributed by atoms with Crippen LogP contribution in [0.2, 0.25) is 0 Å². The number of carbonyl (C=O) groups is 1. The zero-order valence-corrected chi connectivity index (χ0v) is 31.1. The molecular weight excluding hydrogens is 665 g/mol. The molecule has 1 saturated carbocycles. The first-order valence-corrected chi connectivity index (χ1v) is 20.4. The molecule has 4 N–H and O–H groups in total. The molecule has 0 aromatic heterocycles. The number of likely N-dealkylation sites (tertiary alicyclic amines) is 1. The normalized spacial score (nSPS) is 16.9. The second kappa shape index (κ2) is 18.2. The Morgan fingerprint density at radius 1 is 0.902 bits per heavy atom. The fraction of sp³-hybridized carbons (Fsp3) is 0.525. The Balaban J connectivity index is 1.10. The van der Waals surface area contributed by atoms with E-state index in [-0.39, 0.29) is 28.8 Å². The first-order valence-electron chi connectivity index (χ1n) is 18.5. The van der Waals surface area contributed by atoms with E-state index in [9.17, 15) is 23.4 Å². The Morgan fingerprint density at radius 2 is 1.59 bits per heavy atom. The third-order valence-electron chi connectivity index (χ3n) is 10.6. The first kappa shape index (κ1) is 38.6. The molecule has 10 nitrogen and oxygen atoms in total. The second-order valence-corrected chi connectivity index (χ2v) is 16.1. The van der Waals surface area contributed by atoms with E-state index < -0.39 is 10.0 Å². The standard InChI is InChI=1S/C40H56N4O6S/c1-43-24-20-40(21-25-43,33-9-5-3-6-10-33)35-29-32(13-15-37(35)45)18-27-50-28-19-39(47)44(34-11-7-4-8-12-34)26-23-41-22-17-31-14-16-38(46)36(30-31)42-51(2,48)49/h3,5-6,9-10,13-16,29-30,34,41-42,45-46H,4,7-8,11-12,17-28H2,1-2H3. The largest absolute Gasteiger partial charge is 0.508 e. The van der Waals surface area contributed by atoms with E-state index >= 15 is 0 Å². The van der Waals surface area contributed by atoms with E-state index in [4.69, 9.17) is 4.74 Å². The molecule has 0 spiro atoms. The molecule has 1 heterocycles. The van der Waals surface area contributed by atoms with Gasteiger partial charge in [0.05, 0.1) is 31.6 Å². The van der Waals surface area contributed by atoms with Crippen LogP contribution in [0.25, 0.3) is 0 Å². The summed E-state index contributed by atoms with van der Waals surface area (Å²) >= 11 is 0. The van der Waals surface area contributed by atoms with Gasteiger partial charge in [-0.3, -0.25) is 9.52 Å². The van der Waals surface area contributed by atoms with E-state index in [1.54, 1.807) is 12.1 Å². The second-order valence-electron chi connectivity index (χ2n) is 14.3. The van der Waals surface area contributed by atoms with Crippen LogP contribution in [0, 0.1) is 0 Å². The Kier molecular flexibility index (Phi) is 13.8. The lowest BCUT2D eigenvalue weighted by molar-refractivity contribution is -0.135. The molecule has 0 unspecified atom stereocenters. The molecule has 1 amide bonds. The lowest BCUT2D eigenvalue weighted by Crippen LogP contribution is -2.45. The quantitative estimate of drug-likeness (QED) is 0.107. The number of benzene rings is 3. The molecule has 51 heavy (non-hydrogen) atoms. The monoisotopic (exact) mass is 720 g/mol. The van der Waals surface area contributed by atoms with Gasteiger partial charge in [0.15, 0.2) is 0 Å². The van der Waals surface area contributed by atoms with Gasteiger partial charge in [-0.25, -0.2) is 8.42 Å². The number of ether oxygens (including phenoxy) is 1. The minimum Gasteiger partial charge on any atom is -0.508 e. The Bertz CT molecular complexity index is 1670. The number of amides is 1. The highest BCUT2D eigenvalue weighted by Crippen LogP contribution is 2.45. The van der Waals surface area contributed by atoms with Crippen LogP contribution in [0.5, 0.6) is 11.5 Å². The highest BCUT2D eigenvalue weighted by atomic mass is 32.2. The SMILES string of the molecule is CN1CCC(c2ccccc2)(c2cc(CCOCCC(=O)N(CCNCCc3ccc(O)c(NS(C)(=O)=O)c3)C3CCCCC3)ccc2O)CC1. The molecule has 2 aliphatic rings. The molecule has 2 fully saturated rings. The highest BCUT2D eigenvalue weighted by Gasteiger charge is 2.39. The molecular formula is C40H56N4O6S. The molecule has 278 valence electrons. The van der Waals surface area contributed by atoms with E-state index in [1.807, 2.05) is 23.1 Å². The fourth-order valence-corrected chi connectivity index (χ4v) is 8.23. The predicted molar refractivity (Wildman–Crippen MR) is 203 cm³/mol. The summed E-state index contributed by atoms with van der Waals surface area (Å²) in [5.74, 6) is 0.349. The van der Waals surface area contributed by atoms with Crippen LogP contribution in [-0.2, 0) is 37.8 Å². The number of anilines is 1. The number of nitrogens with one attached hydrogen (secondary N) is 2. The first-order chi connectivity index (χ1) is 24.5. The van der Waals surface area contributed by atoms with Crippen LogP contribution in [0.4, 0.5) is 5.69 Å². The van der Waals surface area contributed by atoms with Gasteiger partial charge in [-0.05, 0) is 100 Å². The fourth-order valence-electron chi connectivity index (χ4n) is 7.67. The minimum atomic E-state index is -3.50. The Hall–Kier alpha value is -3.64. The van der Waals surface area contributed by atoms with Gasteiger partial charge in [-0.2, -0.15) is 0 Å². The number of carbonyl (C=O) groups excluding carboxylic acids is 1. The lowest BCUT2D eigenvalue weighted by atomic mass is 9.67. The van der Waals surface area contributed by atoms with Crippen LogP contribution in [0.3, 0.4) is 0 Å². The maximum atomic E-state index is 13.5. The summed E-state index contributed by atoms with van der Waals surface area (Å²) in [6.07, 6.45) is 10.2. The van der Waals surface area contributed by atoms with Crippen LogP contribution in [-0.4, -0.2) is 99.6 Å². The zero-order chi connectivity index (χ0) is 36.3. The predicted octanol–water partition coefficient (Wildman–Crippen LogP) is 5.42. The van der Waals surface area contributed by atoms with Gasteiger partial charge in [0.1, 0.15) is 11.5 Å². The number of nitrogens with zero attached hydrogens (tertiary/aromatic N) is 2. The van der Waals surface area contributed by atoms with Crippen molar-refractivity contribution in [3.8, 4) is 11.5 Å². The molecule has 5 rings (SSSR count). The number of phenols is 2. The topological polar surface area (TPSA) is 131 Å². The summed E-state index contributed by atoms with van der Waals surface area (Å²) in [6.45, 7) is 4.73. The van der Waals surface area contributed by atoms with Gasteiger partial charge in [0, 0.05) is 30.1 Å². The molecule has 0 bridgehead atoms. The molecule has 1 saturated heterocycles. The summed E-state index contributed by atoms with van der Waals surface area (Å²) < 4.78 is 31.6. The number of aromatic hydroxyl groups is 2. The smallest absolute Gasteiger partial charge is 0.229 e. The maximum absolute atomic E-state index is 13.5. The molecule has 1 aliphatic heterocycles. The summed E-state index contributed by atoms with van der Waals surface area (Å²) in [5, 5.41) is 24.5. The number of sulfonamides is 1. The number of piperidine rings is 1. The molecule has 11 heteroatoms. The van der Waals surface area contributed by atoms with Gasteiger partial charge in [0.2, 0.25) is 15.9 Å². The molecule has 0 atom stereocenters. The van der Waals surface area contributed by atoms with Crippen molar-refractivity contribution in [3.05, 3.63) is 89.0 Å². The van der Waals surface area contributed by atoms with Crippen molar-refractivity contribution in [2.75, 3.05) is 64.0 Å². The Morgan fingerprint density at radius 3 is 2.29 bits per heavy atom. The molecule has 3 aromatic rings.